The predicted molar refractivity (Wildman–Crippen MR) is 78.1 cm³/mol. The summed E-state index contributed by atoms with van der Waals surface area (Å²) in [6.07, 6.45) is 11.9. The first-order valence-corrected chi connectivity index (χ1v) is 7.45. The Bertz CT molecular complexity index is 588. The molecule has 6 nitrogen and oxygen atoms in total. The lowest BCUT2D eigenvalue weighted by atomic mass is 10.1. The normalized spacial score (nSPS) is 16.4. The number of aromatic nitrogens is 4. The molecular weight excluding hydrogens is 266 g/mol. The Labute approximate surface area is 123 Å². The van der Waals surface area contributed by atoms with Crippen molar-refractivity contribution in [2.75, 3.05) is 0 Å². The molecule has 2 aromatic rings. The molecule has 1 fully saturated rings. The van der Waals surface area contributed by atoms with E-state index in [0.717, 1.165) is 12.8 Å². The van der Waals surface area contributed by atoms with Crippen molar-refractivity contribution in [3.8, 4) is 5.82 Å². The monoisotopic (exact) mass is 285 g/mol. The molecule has 6 heteroatoms. The van der Waals surface area contributed by atoms with Crippen LogP contribution in [0, 0.1) is 0 Å². The molecule has 0 radical (unpaired) electrons. The van der Waals surface area contributed by atoms with Gasteiger partial charge in [-0.15, -0.1) is 10.2 Å². The van der Waals surface area contributed by atoms with Gasteiger partial charge in [0.1, 0.15) is 18.5 Å². The minimum Gasteiger partial charge on any atom is -0.349 e. The van der Waals surface area contributed by atoms with Crippen LogP contribution >= 0.6 is 0 Å². The van der Waals surface area contributed by atoms with Crippen LogP contribution in [-0.2, 0) is 0 Å². The number of nitrogens with zero attached hydrogens (tertiary/aromatic N) is 4. The van der Waals surface area contributed by atoms with E-state index in [9.17, 15) is 4.79 Å². The van der Waals surface area contributed by atoms with Crippen molar-refractivity contribution in [1.82, 2.24) is 25.1 Å². The fraction of sp³-hybridized carbons (Fsp3) is 0.467. The van der Waals surface area contributed by atoms with Crippen molar-refractivity contribution in [2.45, 2.75) is 44.6 Å². The van der Waals surface area contributed by atoms with E-state index < -0.39 is 0 Å². The van der Waals surface area contributed by atoms with Crippen LogP contribution in [0.3, 0.4) is 0 Å². The molecule has 1 aliphatic rings. The van der Waals surface area contributed by atoms with Gasteiger partial charge in [0.05, 0.1) is 0 Å². The molecule has 1 saturated carbocycles. The van der Waals surface area contributed by atoms with Crippen molar-refractivity contribution in [2.24, 2.45) is 0 Å². The third-order valence-corrected chi connectivity index (χ3v) is 3.88. The lowest BCUT2D eigenvalue weighted by molar-refractivity contribution is 0.0933. The second-order valence-corrected chi connectivity index (χ2v) is 5.43. The fourth-order valence-corrected chi connectivity index (χ4v) is 2.71. The summed E-state index contributed by atoms with van der Waals surface area (Å²) in [7, 11) is 0. The minimum atomic E-state index is -0.0291. The van der Waals surface area contributed by atoms with Crippen LogP contribution in [-0.4, -0.2) is 31.7 Å². The van der Waals surface area contributed by atoms with Gasteiger partial charge in [-0.25, -0.2) is 4.98 Å². The first-order chi connectivity index (χ1) is 10.3. The highest BCUT2D eigenvalue weighted by atomic mass is 16.1. The summed E-state index contributed by atoms with van der Waals surface area (Å²) in [5.74, 6) is 0.618. The van der Waals surface area contributed by atoms with Gasteiger partial charge < -0.3 is 5.32 Å². The van der Waals surface area contributed by atoms with Gasteiger partial charge in [-0.05, 0) is 25.0 Å². The molecule has 0 atom stereocenters. The minimum absolute atomic E-state index is 0.0291. The highest BCUT2D eigenvalue weighted by Gasteiger charge is 2.16. The summed E-state index contributed by atoms with van der Waals surface area (Å²) in [6.45, 7) is 0. The Hall–Kier alpha value is -2.24. The first-order valence-electron chi connectivity index (χ1n) is 7.45. The van der Waals surface area contributed by atoms with Gasteiger partial charge in [0.2, 0.25) is 0 Å². The molecule has 0 aliphatic heterocycles. The summed E-state index contributed by atoms with van der Waals surface area (Å²) < 4.78 is 1.68. The van der Waals surface area contributed by atoms with Crippen molar-refractivity contribution in [3.63, 3.8) is 0 Å². The van der Waals surface area contributed by atoms with Crippen LogP contribution in [0.15, 0.2) is 31.0 Å². The highest BCUT2D eigenvalue weighted by molar-refractivity contribution is 5.94. The summed E-state index contributed by atoms with van der Waals surface area (Å²) >= 11 is 0. The van der Waals surface area contributed by atoms with Crippen LogP contribution in [0.1, 0.15) is 48.9 Å². The molecule has 0 spiro atoms. The van der Waals surface area contributed by atoms with Crippen molar-refractivity contribution < 1.29 is 4.79 Å². The molecule has 1 aliphatic carbocycles. The summed E-state index contributed by atoms with van der Waals surface area (Å²) in [6, 6.07) is 3.79. The zero-order chi connectivity index (χ0) is 14.5. The third kappa shape index (κ3) is 3.45. The van der Waals surface area contributed by atoms with Crippen LogP contribution in [0.2, 0.25) is 0 Å². The van der Waals surface area contributed by atoms with Gasteiger partial charge in [0.25, 0.3) is 5.91 Å². The van der Waals surface area contributed by atoms with E-state index in [1.54, 1.807) is 35.6 Å². The van der Waals surface area contributed by atoms with E-state index in [1.807, 2.05) is 0 Å². The van der Waals surface area contributed by atoms with Crippen LogP contribution in [0.5, 0.6) is 0 Å². The zero-order valence-electron chi connectivity index (χ0n) is 11.9. The Kier molecular flexibility index (Phi) is 4.23. The number of nitrogens with one attached hydrogen (secondary N) is 1. The lowest BCUT2D eigenvalue weighted by Crippen LogP contribution is -2.34. The lowest BCUT2D eigenvalue weighted by Gasteiger charge is -2.16. The van der Waals surface area contributed by atoms with Gasteiger partial charge >= 0.3 is 0 Å². The maximum atomic E-state index is 12.4. The molecule has 1 N–H and O–H groups in total. The number of carbonyl (C=O) groups is 1. The van der Waals surface area contributed by atoms with Crippen molar-refractivity contribution in [1.29, 1.82) is 0 Å². The first kappa shape index (κ1) is 13.7. The number of hydrogen-bond donors (Lipinski definition) is 1. The molecule has 110 valence electrons. The maximum absolute atomic E-state index is 12.4. The van der Waals surface area contributed by atoms with Crippen LogP contribution < -0.4 is 5.32 Å². The van der Waals surface area contributed by atoms with E-state index in [4.69, 9.17) is 0 Å². The Morgan fingerprint density at radius 2 is 1.86 bits per heavy atom. The van der Waals surface area contributed by atoms with E-state index in [0.29, 0.717) is 17.4 Å². The molecule has 0 bridgehead atoms. The van der Waals surface area contributed by atoms with Crippen molar-refractivity contribution >= 4 is 5.91 Å². The van der Waals surface area contributed by atoms with Gasteiger partial charge in [-0.3, -0.25) is 9.36 Å². The zero-order valence-corrected chi connectivity index (χ0v) is 11.9. The van der Waals surface area contributed by atoms with E-state index in [2.05, 4.69) is 20.5 Å². The largest absolute Gasteiger partial charge is 0.349 e. The second-order valence-electron chi connectivity index (χ2n) is 5.43. The number of rotatable bonds is 3. The van der Waals surface area contributed by atoms with Crippen LogP contribution in [0.4, 0.5) is 0 Å². The van der Waals surface area contributed by atoms with Gasteiger partial charge in [-0.1, -0.05) is 25.7 Å². The van der Waals surface area contributed by atoms with E-state index >= 15 is 0 Å². The van der Waals surface area contributed by atoms with E-state index in [-0.39, 0.29) is 5.91 Å². The van der Waals surface area contributed by atoms with Crippen LogP contribution in [0.25, 0.3) is 5.82 Å². The predicted octanol–water partition coefficient (Wildman–Crippen LogP) is 2.11. The average Bonchev–Trinajstić information content (AvgIpc) is 2.93. The Morgan fingerprint density at radius 3 is 2.57 bits per heavy atom. The molecule has 1 amide bonds. The highest BCUT2D eigenvalue weighted by Crippen LogP contribution is 2.17. The molecule has 0 unspecified atom stereocenters. The van der Waals surface area contributed by atoms with Crippen molar-refractivity contribution in [3.05, 3.63) is 36.5 Å². The Balaban J connectivity index is 1.71. The smallest absolute Gasteiger partial charge is 0.251 e. The Morgan fingerprint density at radius 1 is 1.14 bits per heavy atom. The summed E-state index contributed by atoms with van der Waals surface area (Å²) in [5, 5.41) is 10.6. The molecular formula is C15H19N5O. The molecule has 2 heterocycles. The molecule has 0 saturated heterocycles. The van der Waals surface area contributed by atoms with Gasteiger partial charge in [0.15, 0.2) is 0 Å². The standard InChI is InChI=1S/C15H19N5O/c21-15(19-13-5-3-1-2-4-6-13)12-7-8-16-14(9-12)20-10-17-18-11-20/h7-11,13H,1-6H2,(H,19,21). The molecule has 21 heavy (non-hydrogen) atoms. The molecule has 2 aromatic heterocycles. The average molecular weight is 285 g/mol. The van der Waals surface area contributed by atoms with Gasteiger partial charge in [-0.2, -0.15) is 0 Å². The fourth-order valence-electron chi connectivity index (χ4n) is 2.71. The second kappa shape index (κ2) is 6.47. The molecule has 3 rings (SSSR count). The van der Waals surface area contributed by atoms with E-state index in [1.165, 1.54) is 25.7 Å². The number of carbonyl (C=O) groups excluding carboxylic acids is 1. The summed E-state index contributed by atoms with van der Waals surface area (Å²) in [4.78, 5) is 16.6. The quantitative estimate of drug-likeness (QED) is 0.877. The summed E-state index contributed by atoms with van der Waals surface area (Å²) in [5.41, 5.74) is 0.623. The SMILES string of the molecule is O=C(NC1CCCCCC1)c1ccnc(-n2cnnc2)c1. The maximum Gasteiger partial charge on any atom is 0.251 e. The number of amides is 1. The van der Waals surface area contributed by atoms with Gasteiger partial charge in [0, 0.05) is 17.8 Å². The number of pyridine rings is 1. The number of hydrogen-bond acceptors (Lipinski definition) is 4. The topological polar surface area (TPSA) is 72.7 Å². The third-order valence-electron chi connectivity index (χ3n) is 3.88. The molecule has 0 aromatic carbocycles.